The fourth-order valence-corrected chi connectivity index (χ4v) is 3.21. The smallest absolute Gasteiger partial charge is 0.301 e. The minimum Gasteiger partial charge on any atom is -0.301 e. The van der Waals surface area contributed by atoms with Gasteiger partial charge in [-0.25, -0.2) is 4.57 Å². The summed E-state index contributed by atoms with van der Waals surface area (Å²) < 4.78 is 15.7. The van der Waals surface area contributed by atoms with Crippen molar-refractivity contribution in [3.63, 3.8) is 0 Å². The van der Waals surface area contributed by atoms with E-state index in [4.69, 9.17) is 9.79 Å². The lowest BCUT2D eigenvalue weighted by Crippen LogP contribution is -2.02. The first-order valence-electron chi connectivity index (χ1n) is 8.12. The number of benzene rings is 3. The summed E-state index contributed by atoms with van der Waals surface area (Å²) in [4.78, 5) is 18.1. The van der Waals surface area contributed by atoms with Gasteiger partial charge in [0.1, 0.15) is 0 Å². The molecule has 3 aromatic carbocycles. The number of aryl methyl sites for hydroxylation is 2. The third kappa shape index (κ3) is 4.03. The zero-order valence-corrected chi connectivity index (χ0v) is 15.4. The highest BCUT2D eigenvalue weighted by Gasteiger charge is 2.19. The van der Waals surface area contributed by atoms with E-state index in [1.807, 2.05) is 74.5 Å². The zero-order valence-electron chi connectivity index (χ0n) is 14.5. The quantitative estimate of drug-likeness (QED) is 0.432. The normalized spacial score (nSPS) is 11.4. The van der Waals surface area contributed by atoms with Crippen LogP contribution in [0.15, 0.2) is 66.7 Å². The first kappa shape index (κ1) is 18.4. The molecule has 0 aliphatic carbocycles. The third-order valence-corrected chi connectivity index (χ3v) is 4.52. The molecule has 0 amide bonds. The van der Waals surface area contributed by atoms with E-state index < -0.39 is 7.82 Å². The number of phosphoric acid groups is 1. The molecule has 0 fully saturated rings. The number of rotatable bonds is 5. The molecule has 5 nitrogen and oxygen atoms in total. The van der Waals surface area contributed by atoms with Crippen molar-refractivity contribution in [2.75, 3.05) is 5.48 Å². The average Bonchev–Trinajstić information content (AvgIpc) is 2.60. The molecule has 3 rings (SSSR count). The molecule has 3 N–H and O–H groups in total. The Labute approximate surface area is 152 Å². The molecule has 0 spiro atoms. The van der Waals surface area contributed by atoms with Crippen LogP contribution in [0.1, 0.15) is 11.1 Å². The van der Waals surface area contributed by atoms with Crippen molar-refractivity contribution in [3.8, 4) is 22.3 Å². The van der Waals surface area contributed by atoms with E-state index in [9.17, 15) is 4.57 Å². The van der Waals surface area contributed by atoms with E-state index >= 15 is 0 Å². The Balaban J connectivity index is 2.24. The number of nitrogens with one attached hydrogen (secondary N) is 1. The van der Waals surface area contributed by atoms with Crippen molar-refractivity contribution >= 4 is 13.5 Å². The molecule has 0 atom stereocenters. The van der Waals surface area contributed by atoms with Crippen molar-refractivity contribution < 1.29 is 19.0 Å². The van der Waals surface area contributed by atoms with Gasteiger partial charge in [-0.3, -0.25) is 5.48 Å². The van der Waals surface area contributed by atoms with Gasteiger partial charge < -0.3 is 9.79 Å². The van der Waals surface area contributed by atoms with Gasteiger partial charge in [0.05, 0.1) is 5.69 Å². The van der Waals surface area contributed by atoms with Crippen LogP contribution in [0.25, 0.3) is 22.3 Å². The summed E-state index contributed by atoms with van der Waals surface area (Å²) >= 11 is 0. The lowest BCUT2D eigenvalue weighted by atomic mass is 9.89. The number of hydrogen-bond donors (Lipinski definition) is 3. The summed E-state index contributed by atoms with van der Waals surface area (Å²) in [7, 11) is -4.66. The maximum Gasteiger partial charge on any atom is 0.491 e. The van der Waals surface area contributed by atoms with Crippen LogP contribution < -0.4 is 5.48 Å². The standard InChI is InChI=1S/C20H20NO4P/c1-14-8-3-5-10-16(14)18-12-7-13-19(21-25-26(22,23)24)20(18)17-11-6-4-9-15(17)2/h3-13,21H,1-2H3,(H2,22,23,24). The summed E-state index contributed by atoms with van der Waals surface area (Å²) in [5, 5.41) is 0. The molecule has 0 heterocycles. The van der Waals surface area contributed by atoms with Crippen LogP contribution in [0.5, 0.6) is 0 Å². The molecule has 0 saturated heterocycles. The fraction of sp³-hybridized carbons (Fsp3) is 0.100. The van der Waals surface area contributed by atoms with Gasteiger partial charge in [-0.2, -0.15) is 4.62 Å². The first-order chi connectivity index (χ1) is 12.4. The van der Waals surface area contributed by atoms with Crippen molar-refractivity contribution in [2.45, 2.75) is 13.8 Å². The summed E-state index contributed by atoms with van der Waals surface area (Å²) in [5.74, 6) is 0. The maximum absolute atomic E-state index is 11.1. The summed E-state index contributed by atoms with van der Waals surface area (Å²) in [6.45, 7) is 4.03. The minimum absolute atomic E-state index is 0.489. The van der Waals surface area contributed by atoms with Crippen LogP contribution >= 0.6 is 7.82 Å². The third-order valence-electron chi connectivity index (χ3n) is 4.19. The van der Waals surface area contributed by atoms with E-state index in [1.54, 1.807) is 6.07 Å². The highest BCUT2D eigenvalue weighted by atomic mass is 31.2. The summed E-state index contributed by atoms with van der Waals surface area (Å²) in [6, 6.07) is 21.4. The molecule has 26 heavy (non-hydrogen) atoms. The van der Waals surface area contributed by atoms with Gasteiger partial charge in [-0.05, 0) is 47.7 Å². The summed E-state index contributed by atoms with van der Waals surface area (Å²) in [6.07, 6.45) is 0. The largest absolute Gasteiger partial charge is 0.491 e. The van der Waals surface area contributed by atoms with E-state index in [-0.39, 0.29) is 0 Å². The van der Waals surface area contributed by atoms with Crippen LogP contribution in [-0.4, -0.2) is 9.79 Å². The zero-order chi connectivity index (χ0) is 18.7. The average molecular weight is 369 g/mol. The van der Waals surface area contributed by atoms with Gasteiger partial charge in [-0.1, -0.05) is 60.7 Å². The Morgan fingerprint density at radius 2 is 1.31 bits per heavy atom. The second-order valence-electron chi connectivity index (χ2n) is 6.04. The van der Waals surface area contributed by atoms with Crippen molar-refractivity contribution in [1.82, 2.24) is 0 Å². The molecular weight excluding hydrogens is 349 g/mol. The van der Waals surface area contributed by atoms with E-state index in [1.165, 1.54) is 0 Å². The second kappa shape index (κ2) is 7.44. The molecule has 0 bridgehead atoms. The molecular formula is C20H20NO4P. The molecule has 0 aliphatic rings. The highest BCUT2D eigenvalue weighted by molar-refractivity contribution is 7.46. The van der Waals surface area contributed by atoms with Crippen LogP contribution in [-0.2, 0) is 9.19 Å². The Morgan fingerprint density at radius 3 is 1.88 bits per heavy atom. The fourth-order valence-electron chi connectivity index (χ4n) is 2.99. The Hall–Kier alpha value is -2.43. The van der Waals surface area contributed by atoms with Gasteiger partial charge in [-0.15, -0.1) is 0 Å². The lowest BCUT2D eigenvalue weighted by Gasteiger charge is -2.19. The number of anilines is 1. The van der Waals surface area contributed by atoms with Crippen LogP contribution in [0, 0.1) is 13.8 Å². The molecule has 0 aliphatic heterocycles. The number of hydrogen-bond acceptors (Lipinski definition) is 3. The van der Waals surface area contributed by atoms with Crippen molar-refractivity contribution in [2.24, 2.45) is 0 Å². The van der Waals surface area contributed by atoms with Crippen LogP contribution in [0.3, 0.4) is 0 Å². The van der Waals surface area contributed by atoms with E-state index in [0.29, 0.717) is 5.69 Å². The molecule has 0 aromatic heterocycles. The van der Waals surface area contributed by atoms with Gasteiger partial charge in [0.2, 0.25) is 0 Å². The maximum atomic E-state index is 11.1. The molecule has 0 radical (unpaired) electrons. The molecule has 0 unspecified atom stereocenters. The Kier molecular flexibility index (Phi) is 5.25. The van der Waals surface area contributed by atoms with Crippen LogP contribution in [0.4, 0.5) is 5.69 Å². The van der Waals surface area contributed by atoms with Crippen LogP contribution in [0.2, 0.25) is 0 Å². The monoisotopic (exact) mass is 369 g/mol. The Bertz CT molecular complexity index is 981. The lowest BCUT2D eigenvalue weighted by molar-refractivity contribution is 0.233. The predicted octanol–water partition coefficient (Wildman–Crippen LogP) is 5.07. The molecule has 134 valence electrons. The molecule has 3 aromatic rings. The molecule has 6 heteroatoms. The second-order valence-corrected chi connectivity index (χ2v) is 7.21. The van der Waals surface area contributed by atoms with Gasteiger partial charge in [0.15, 0.2) is 0 Å². The van der Waals surface area contributed by atoms with E-state index in [2.05, 4.69) is 10.1 Å². The first-order valence-corrected chi connectivity index (χ1v) is 9.65. The highest BCUT2D eigenvalue weighted by Crippen LogP contribution is 2.42. The Morgan fingerprint density at radius 1 is 0.769 bits per heavy atom. The topological polar surface area (TPSA) is 78.8 Å². The van der Waals surface area contributed by atoms with Crippen molar-refractivity contribution in [3.05, 3.63) is 77.9 Å². The van der Waals surface area contributed by atoms with E-state index in [0.717, 1.165) is 33.4 Å². The predicted molar refractivity (Wildman–Crippen MR) is 104 cm³/mol. The SMILES string of the molecule is Cc1ccccc1-c1cccc(NOP(=O)(O)O)c1-c1ccccc1C. The van der Waals surface area contributed by atoms with Gasteiger partial charge >= 0.3 is 7.82 Å². The van der Waals surface area contributed by atoms with Gasteiger partial charge in [0, 0.05) is 5.56 Å². The van der Waals surface area contributed by atoms with Gasteiger partial charge in [0.25, 0.3) is 0 Å². The summed E-state index contributed by atoms with van der Waals surface area (Å²) in [5.41, 5.74) is 8.88. The molecule has 0 saturated carbocycles. The van der Waals surface area contributed by atoms with Crippen molar-refractivity contribution in [1.29, 1.82) is 0 Å². The minimum atomic E-state index is -4.66.